The van der Waals surface area contributed by atoms with Gasteiger partial charge in [-0.25, -0.2) is 14.6 Å². The molecule has 10 heteroatoms. The van der Waals surface area contributed by atoms with Gasteiger partial charge in [0.25, 0.3) is 5.56 Å². The van der Waals surface area contributed by atoms with Crippen LogP contribution in [0, 0.1) is 6.92 Å². The highest BCUT2D eigenvalue weighted by Gasteiger charge is 2.29. The fourth-order valence-electron chi connectivity index (χ4n) is 3.06. The van der Waals surface area contributed by atoms with E-state index in [0.29, 0.717) is 10.9 Å². The first-order chi connectivity index (χ1) is 13.5. The number of aromatic nitrogens is 5. The SMILES string of the molecule is Cc1c(NC(=O)CSc2n[nH]c(=O)n2C2CC2)c(=O)n(-c2ccccc2)n1C. The Labute approximate surface area is 164 Å². The minimum atomic E-state index is -0.325. The van der Waals surface area contributed by atoms with E-state index in [4.69, 9.17) is 0 Å². The van der Waals surface area contributed by atoms with Gasteiger partial charge in [-0.2, -0.15) is 0 Å². The third-order valence-electron chi connectivity index (χ3n) is 4.74. The van der Waals surface area contributed by atoms with Crippen LogP contribution in [0.25, 0.3) is 5.69 Å². The summed E-state index contributed by atoms with van der Waals surface area (Å²) in [5.74, 6) is -0.273. The molecule has 1 amide bonds. The zero-order valence-corrected chi connectivity index (χ0v) is 16.3. The van der Waals surface area contributed by atoms with Crippen LogP contribution in [0.5, 0.6) is 0 Å². The van der Waals surface area contributed by atoms with Crippen LogP contribution < -0.4 is 16.6 Å². The van der Waals surface area contributed by atoms with Crippen molar-refractivity contribution in [2.45, 2.75) is 31.0 Å². The lowest BCUT2D eigenvalue weighted by molar-refractivity contribution is -0.113. The van der Waals surface area contributed by atoms with Crippen molar-refractivity contribution >= 4 is 23.4 Å². The van der Waals surface area contributed by atoms with Crippen molar-refractivity contribution in [1.82, 2.24) is 24.1 Å². The smallest absolute Gasteiger partial charge is 0.319 e. The molecule has 1 aromatic carbocycles. The highest BCUT2D eigenvalue weighted by Crippen LogP contribution is 2.36. The van der Waals surface area contributed by atoms with Gasteiger partial charge >= 0.3 is 5.69 Å². The Morgan fingerprint density at radius 1 is 1.29 bits per heavy atom. The van der Waals surface area contributed by atoms with Crippen molar-refractivity contribution in [2.75, 3.05) is 11.1 Å². The van der Waals surface area contributed by atoms with Crippen molar-refractivity contribution < 1.29 is 4.79 Å². The van der Waals surface area contributed by atoms with Gasteiger partial charge in [0, 0.05) is 13.1 Å². The molecule has 28 heavy (non-hydrogen) atoms. The summed E-state index contributed by atoms with van der Waals surface area (Å²) in [4.78, 5) is 37.1. The summed E-state index contributed by atoms with van der Waals surface area (Å²) in [6.45, 7) is 1.78. The first-order valence-corrected chi connectivity index (χ1v) is 9.89. The van der Waals surface area contributed by atoms with Crippen LogP contribution >= 0.6 is 11.8 Å². The predicted octanol–water partition coefficient (Wildman–Crippen LogP) is 1.43. The van der Waals surface area contributed by atoms with E-state index in [9.17, 15) is 14.4 Å². The van der Waals surface area contributed by atoms with Gasteiger partial charge in [0.1, 0.15) is 5.69 Å². The fraction of sp³-hybridized carbons (Fsp3) is 0.333. The molecule has 0 bridgehead atoms. The normalized spacial score (nSPS) is 13.6. The molecular weight excluding hydrogens is 380 g/mol. The van der Waals surface area contributed by atoms with Crippen molar-refractivity contribution in [3.63, 3.8) is 0 Å². The van der Waals surface area contributed by atoms with Gasteiger partial charge < -0.3 is 5.32 Å². The molecule has 0 unspecified atom stereocenters. The van der Waals surface area contributed by atoms with Crippen molar-refractivity contribution in [1.29, 1.82) is 0 Å². The summed E-state index contributed by atoms with van der Waals surface area (Å²) in [6.07, 6.45) is 1.89. The quantitative estimate of drug-likeness (QED) is 0.609. The van der Waals surface area contributed by atoms with E-state index in [1.807, 2.05) is 30.3 Å². The van der Waals surface area contributed by atoms with Gasteiger partial charge in [-0.15, -0.1) is 5.10 Å². The van der Waals surface area contributed by atoms with E-state index >= 15 is 0 Å². The maximum Gasteiger partial charge on any atom is 0.344 e. The van der Waals surface area contributed by atoms with Crippen LogP contribution in [0.1, 0.15) is 24.6 Å². The molecule has 0 saturated heterocycles. The molecule has 0 aliphatic heterocycles. The van der Waals surface area contributed by atoms with Gasteiger partial charge in [0.2, 0.25) is 5.91 Å². The Hall–Kier alpha value is -3.01. The van der Waals surface area contributed by atoms with Crippen LogP contribution in [-0.4, -0.2) is 35.8 Å². The van der Waals surface area contributed by atoms with Crippen LogP contribution in [0.15, 0.2) is 45.1 Å². The zero-order valence-electron chi connectivity index (χ0n) is 15.5. The lowest BCUT2D eigenvalue weighted by atomic mass is 10.3. The van der Waals surface area contributed by atoms with E-state index < -0.39 is 0 Å². The second-order valence-corrected chi connectivity index (χ2v) is 7.63. The number of H-pyrrole nitrogens is 1. The standard InChI is InChI=1S/C18H20N6O3S/c1-11-15(16(26)24(22(11)2)13-6-4-3-5-7-13)19-14(25)10-28-18-21-20-17(27)23(18)12-8-9-12/h3-7,12H,8-10H2,1-2H3,(H,19,25)(H,20,27). The Morgan fingerprint density at radius 3 is 2.68 bits per heavy atom. The molecule has 1 aliphatic rings. The predicted molar refractivity (Wildman–Crippen MR) is 106 cm³/mol. The zero-order chi connectivity index (χ0) is 19.8. The number of hydrogen-bond donors (Lipinski definition) is 2. The summed E-state index contributed by atoms with van der Waals surface area (Å²) >= 11 is 1.18. The van der Waals surface area contributed by atoms with E-state index in [0.717, 1.165) is 18.5 Å². The van der Waals surface area contributed by atoms with Crippen LogP contribution in [0.2, 0.25) is 0 Å². The first-order valence-electron chi connectivity index (χ1n) is 8.91. The molecule has 0 spiro atoms. The topological polar surface area (TPSA) is 107 Å². The lowest BCUT2D eigenvalue weighted by Crippen LogP contribution is -2.23. The number of amides is 1. The van der Waals surface area contributed by atoms with E-state index in [1.165, 1.54) is 16.4 Å². The van der Waals surface area contributed by atoms with Gasteiger partial charge in [0.15, 0.2) is 5.16 Å². The number of carbonyl (C=O) groups excluding carboxylic acids is 1. The minimum Gasteiger partial charge on any atom is -0.319 e. The number of thioether (sulfide) groups is 1. The Bertz CT molecular complexity index is 1140. The maximum atomic E-state index is 12.8. The summed E-state index contributed by atoms with van der Waals surface area (Å²) in [5.41, 5.74) is 1.08. The molecule has 2 aromatic heterocycles. The third kappa shape index (κ3) is 3.31. The molecule has 1 saturated carbocycles. The van der Waals surface area contributed by atoms with Gasteiger partial charge in [-0.1, -0.05) is 30.0 Å². The third-order valence-corrected chi connectivity index (χ3v) is 5.69. The molecular formula is C18H20N6O3S. The molecule has 4 rings (SSSR count). The monoisotopic (exact) mass is 400 g/mol. The Morgan fingerprint density at radius 2 is 2.00 bits per heavy atom. The van der Waals surface area contributed by atoms with Gasteiger partial charge in [-0.05, 0) is 31.9 Å². The van der Waals surface area contributed by atoms with Crippen LogP contribution in [0.4, 0.5) is 5.69 Å². The molecule has 0 radical (unpaired) electrons. The first kappa shape index (κ1) is 18.4. The number of nitrogens with zero attached hydrogens (tertiary/aromatic N) is 4. The average Bonchev–Trinajstić information content (AvgIpc) is 3.42. The number of rotatable bonds is 6. The van der Waals surface area contributed by atoms with Crippen molar-refractivity contribution in [2.24, 2.45) is 7.05 Å². The lowest BCUT2D eigenvalue weighted by Gasteiger charge is -2.07. The van der Waals surface area contributed by atoms with Gasteiger partial charge in [0.05, 0.1) is 17.1 Å². The molecule has 3 aromatic rings. The number of hydrogen-bond acceptors (Lipinski definition) is 5. The molecule has 1 fully saturated rings. The summed E-state index contributed by atoms with van der Waals surface area (Å²) in [7, 11) is 1.77. The molecule has 2 N–H and O–H groups in total. The van der Waals surface area contributed by atoms with E-state index in [2.05, 4.69) is 15.5 Å². The number of para-hydroxylation sites is 1. The average molecular weight is 400 g/mol. The molecule has 9 nitrogen and oxygen atoms in total. The number of benzene rings is 1. The van der Waals surface area contributed by atoms with Crippen LogP contribution in [0.3, 0.4) is 0 Å². The highest BCUT2D eigenvalue weighted by molar-refractivity contribution is 7.99. The minimum absolute atomic E-state index is 0.0517. The second kappa shape index (κ2) is 7.19. The summed E-state index contributed by atoms with van der Waals surface area (Å²) in [5, 5.41) is 9.62. The number of carbonyl (C=O) groups is 1. The van der Waals surface area contributed by atoms with Crippen molar-refractivity contribution in [3.8, 4) is 5.69 Å². The number of nitrogens with one attached hydrogen (secondary N) is 2. The Balaban J connectivity index is 1.51. The van der Waals surface area contributed by atoms with Crippen LogP contribution in [-0.2, 0) is 11.8 Å². The van der Waals surface area contributed by atoms with Crippen molar-refractivity contribution in [3.05, 3.63) is 56.9 Å². The summed E-state index contributed by atoms with van der Waals surface area (Å²) < 4.78 is 4.81. The highest BCUT2D eigenvalue weighted by atomic mass is 32.2. The van der Waals surface area contributed by atoms with E-state index in [1.54, 1.807) is 23.2 Å². The second-order valence-electron chi connectivity index (χ2n) is 6.69. The van der Waals surface area contributed by atoms with Gasteiger partial charge in [-0.3, -0.25) is 18.8 Å². The molecule has 0 atom stereocenters. The maximum absolute atomic E-state index is 12.8. The molecule has 2 heterocycles. The molecule has 146 valence electrons. The number of aromatic amines is 1. The largest absolute Gasteiger partial charge is 0.344 e. The fourth-order valence-corrected chi connectivity index (χ4v) is 3.88. The number of anilines is 1. The van der Waals surface area contributed by atoms with E-state index in [-0.39, 0.29) is 34.6 Å². The summed E-state index contributed by atoms with van der Waals surface area (Å²) in [6, 6.07) is 9.41. The molecule has 1 aliphatic carbocycles. The Kier molecular flexibility index (Phi) is 4.71.